The number of fused-ring (bicyclic) bond motifs is 1. The number of carbonyl (C=O) groups excluding carboxylic acids is 2. The van der Waals surface area contributed by atoms with Gasteiger partial charge in [-0.3, -0.25) is 9.59 Å². The summed E-state index contributed by atoms with van der Waals surface area (Å²) in [4.78, 5) is 25.6. The highest BCUT2D eigenvalue weighted by Gasteiger charge is 2.26. The fourth-order valence-electron chi connectivity index (χ4n) is 2.59. The van der Waals surface area contributed by atoms with E-state index in [1.165, 1.54) is 11.0 Å². The van der Waals surface area contributed by atoms with Crippen LogP contribution in [0, 0.1) is 18.6 Å². The molecule has 0 fully saturated rings. The molecule has 25 heavy (non-hydrogen) atoms. The van der Waals surface area contributed by atoms with E-state index in [1.54, 1.807) is 12.1 Å². The number of carbonyl (C=O) groups is 2. The van der Waals surface area contributed by atoms with Gasteiger partial charge in [0.1, 0.15) is 23.1 Å². The van der Waals surface area contributed by atoms with Crippen molar-refractivity contribution in [1.29, 1.82) is 0 Å². The zero-order valence-electron chi connectivity index (χ0n) is 13.5. The molecule has 1 N–H and O–H groups in total. The first-order valence-corrected chi connectivity index (χ1v) is 7.73. The summed E-state index contributed by atoms with van der Waals surface area (Å²) in [5.74, 6) is -2.00. The van der Waals surface area contributed by atoms with E-state index in [0.29, 0.717) is 11.4 Å². The van der Waals surface area contributed by atoms with Crippen LogP contribution in [0.25, 0.3) is 0 Å². The number of hydrogen-bond acceptors (Lipinski definition) is 3. The summed E-state index contributed by atoms with van der Waals surface area (Å²) in [6.45, 7) is 1.85. The summed E-state index contributed by atoms with van der Waals surface area (Å²) in [5, 5.41) is 2.21. The van der Waals surface area contributed by atoms with Gasteiger partial charge in [0.2, 0.25) is 5.91 Å². The van der Waals surface area contributed by atoms with Crippen LogP contribution in [0.4, 0.5) is 20.2 Å². The Hall–Kier alpha value is -2.96. The van der Waals surface area contributed by atoms with Gasteiger partial charge in [-0.2, -0.15) is 0 Å². The van der Waals surface area contributed by atoms with Crippen LogP contribution in [0.15, 0.2) is 36.4 Å². The third-order valence-electron chi connectivity index (χ3n) is 3.85. The molecule has 0 bridgehead atoms. The predicted octanol–water partition coefficient (Wildman–Crippen LogP) is 3.03. The lowest BCUT2D eigenvalue weighted by atomic mass is 10.1. The summed E-state index contributed by atoms with van der Waals surface area (Å²) in [7, 11) is 0. The number of nitrogens with zero attached hydrogens (tertiary/aromatic N) is 1. The highest BCUT2D eigenvalue weighted by molar-refractivity contribution is 5.99. The Balaban J connectivity index is 1.70. The maximum absolute atomic E-state index is 13.6. The molecule has 0 saturated heterocycles. The number of rotatable bonds is 4. The van der Waals surface area contributed by atoms with E-state index in [-0.39, 0.29) is 25.5 Å². The number of nitrogens with one attached hydrogen (secondary N) is 1. The molecule has 1 aliphatic heterocycles. The van der Waals surface area contributed by atoms with E-state index >= 15 is 0 Å². The SMILES string of the molecule is Cc1ccc2c(c1)N(CCC(=O)Nc1c(F)cccc1F)C(=O)CO2. The Morgan fingerprint density at radius 3 is 2.68 bits per heavy atom. The lowest BCUT2D eigenvalue weighted by molar-refractivity contribution is -0.121. The molecule has 0 radical (unpaired) electrons. The van der Waals surface area contributed by atoms with Gasteiger partial charge in [-0.25, -0.2) is 8.78 Å². The standard InChI is InChI=1S/C18H16F2N2O3/c1-11-5-6-15-14(9-11)22(17(24)10-25-15)8-7-16(23)21-18-12(19)3-2-4-13(18)20/h2-6,9H,7-8,10H2,1H3,(H,21,23). The van der Waals surface area contributed by atoms with Crippen molar-refractivity contribution >= 4 is 23.2 Å². The Labute approximate surface area is 143 Å². The molecule has 1 heterocycles. The smallest absolute Gasteiger partial charge is 0.265 e. The van der Waals surface area contributed by atoms with Gasteiger partial charge < -0.3 is 15.0 Å². The van der Waals surface area contributed by atoms with Gasteiger partial charge in [-0.15, -0.1) is 0 Å². The Morgan fingerprint density at radius 2 is 1.96 bits per heavy atom. The molecule has 0 aliphatic carbocycles. The first-order chi connectivity index (χ1) is 12.0. The highest BCUT2D eigenvalue weighted by Crippen LogP contribution is 2.32. The van der Waals surface area contributed by atoms with Crippen molar-refractivity contribution in [3.8, 4) is 5.75 Å². The highest BCUT2D eigenvalue weighted by atomic mass is 19.1. The van der Waals surface area contributed by atoms with Crippen LogP contribution < -0.4 is 15.0 Å². The number of aryl methyl sites for hydroxylation is 1. The van der Waals surface area contributed by atoms with Crippen LogP contribution >= 0.6 is 0 Å². The number of benzene rings is 2. The van der Waals surface area contributed by atoms with Crippen molar-refractivity contribution in [2.24, 2.45) is 0 Å². The number of ether oxygens (including phenoxy) is 1. The fourth-order valence-corrected chi connectivity index (χ4v) is 2.59. The van der Waals surface area contributed by atoms with Crippen LogP contribution in [0.2, 0.25) is 0 Å². The number of hydrogen-bond donors (Lipinski definition) is 1. The van der Waals surface area contributed by atoms with E-state index in [4.69, 9.17) is 4.74 Å². The molecule has 1 aliphatic rings. The topological polar surface area (TPSA) is 58.6 Å². The van der Waals surface area contributed by atoms with E-state index < -0.39 is 23.2 Å². The molecular formula is C18H16F2N2O3. The minimum Gasteiger partial charge on any atom is -0.482 e. The summed E-state index contributed by atoms with van der Waals surface area (Å²) < 4.78 is 32.5. The molecule has 5 nitrogen and oxygen atoms in total. The molecule has 0 aromatic heterocycles. The van der Waals surface area contributed by atoms with Crippen molar-refractivity contribution in [1.82, 2.24) is 0 Å². The molecule has 0 unspecified atom stereocenters. The maximum Gasteiger partial charge on any atom is 0.265 e. The van der Waals surface area contributed by atoms with E-state index in [9.17, 15) is 18.4 Å². The average Bonchev–Trinajstić information content (AvgIpc) is 2.57. The van der Waals surface area contributed by atoms with Crippen LogP contribution in [-0.4, -0.2) is 25.0 Å². The van der Waals surface area contributed by atoms with Crippen molar-refractivity contribution in [2.75, 3.05) is 23.4 Å². The Morgan fingerprint density at radius 1 is 1.24 bits per heavy atom. The lowest BCUT2D eigenvalue weighted by Crippen LogP contribution is -2.40. The lowest BCUT2D eigenvalue weighted by Gasteiger charge is -2.29. The molecule has 130 valence electrons. The van der Waals surface area contributed by atoms with Crippen molar-refractivity contribution in [2.45, 2.75) is 13.3 Å². The third-order valence-corrected chi connectivity index (χ3v) is 3.85. The van der Waals surface area contributed by atoms with Gasteiger partial charge in [0, 0.05) is 13.0 Å². The van der Waals surface area contributed by atoms with E-state index in [0.717, 1.165) is 17.7 Å². The first kappa shape index (κ1) is 16.9. The zero-order chi connectivity index (χ0) is 18.0. The molecule has 7 heteroatoms. The van der Waals surface area contributed by atoms with Gasteiger partial charge >= 0.3 is 0 Å². The van der Waals surface area contributed by atoms with Crippen LogP contribution in [0.3, 0.4) is 0 Å². The molecule has 3 rings (SSSR count). The molecule has 2 amide bonds. The molecule has 0 atom stereocenters. The minimum absolute atomic E-state index is 0.0839. The van der Waals surface area contributed by atoms with Gasteiger partial charge in [-0.05, 0) is 36.8 Å². The number of para-hydroxylation sites is 1. The van der Waals surface area contributed by atoms with Gasteiger partial charge in [0.25, 0.3) is 5.91 Å². The van der Waals surface area contributed by atoms with Gasteiger partial charge in [-0.1, -0.05) is 12.1 Å². The van der Waals surface area contributed by atoms with Crippen molar-refractivity contribution < 1.29 is 23.1 Å². The second-order valence-electron chi connectivity index (χ2n) is 5.70. The van der Waals surface area contributed by atoms with E-state index in [2.05, 4.69) is 5.32 Å². The van der Waals surface area contributed by atoms with Gasteiger partial charge in [0.05, 0.1) is 5.69 Å². The molecular weight excluding hydrogens is 330 g/mol. The predicted molar refractivity (Wildman–Crippen MR) is 88.6 cm³/mol. The van der Waals surface area contributed by atoms with Crippen molar-refractivity contribution in [3.05, 3.63) is 53.6 Å². The molecule has 0 saturated carbocycles. The van der Waals surface area contributed by atoms with Crippen LogP contribution in [0.1, 0.15) is 12.0 Å². The monoisotopic (exact) mass is 346 g/mol. The second kappa shape index (κ2) is 6.88. The maximum atomic E-state index is 13.6. The Kier molecular flexibility index (Phi) is 4.65. The fraction of sp³-hybridized carbons (Fsp3) is 0.222. The van der Waals surface area contributed by atoms with Crippen molar-refractivity contribution in [3.63, 3.8) is 0 Å². The number of halogens is 2. The first-order valence-electron chi connectivity index (χ1n) is 7.73. The zero-order valence-corrected chi connectivity index (χ0v) is 13.5. The van der Waals surface area contributed by atoms with Crippen LogP contribution in [-0.2, 0) is 9.59 Å². The molecule has 2 aromatic rings. The summed E-state index contributed by atoms with van der Waals surface area (Å²) >= 11 is 0. The molecule has 2 aromatic carbocycles. The Bertz CT molecular complexity index is 819. The number of amides is 2. The normalized spacial score (nSPS) is 13.2. The molecule has 0 spiro atoms. The summed E-state index contributed by atoms with van der Waals surface area (Å²) in [6.07, 6.45) is -0.104. The van der Waals surface area contributed by atoms with Crippen LogP contribution in [0.5, 0.6) is 5.75 Å². The third kappa shape index (κ3) is 3.60. The largest absolute Gasteiger partial charge is 0.482 e. The average molecular weight is 346 g/mol. The second-order valence-corrected chi connectivity index (χ2v) is 5.70. The van der Waals surface area contributed by atoms with Gasteiger partial charge in [0.15, 0.2) is 6.61 Å². The minimum atomic E-state index is -0.850. The number of anilines is 2. The summed E-state index contributed by atoms with van der Waals surface area (Å²) in [5.41, 5.74) is 1.04. The quantitative estimate of drug-likeness (QED) is 0.926. The van der Waals surface area contributed by atoms with E-state index in [1.807, 2.05) is 13.0 Å². The summed E-state index contributed by atoms with van der Waals surface area (Å²) in [6, 6.07) is 8.75.